The second-order valence-electron chi connectivity index (χ2n) is 10.9. The molecule has 0 saturated carbocycles. The van der Waals surface area contributed by atoms with Crippen LogP contribution < -0.4 is 27.4 Å². The Kier molecular flexibility index (Phi) is 9.81. The van der Waals surface area contributed by atoms with Gasteiger partial charge in [-0.1, -0.05) is 12.1 Å². The Morgan fingerprint density at radius 3 is 2.22 bits per heavy atom. The van der Waals surface area contributed by atoms with Crippen LogP contribution in [0.4, 0.5) is 0 Å². The van der Waals surface area contributed by atoms with Crippen LogP contribution in [0.15, 0.2) is 36.4 Å². The zero-order valence-electron chi connectivity index (χ0n) is 23.2. The number of aromatic hydroxyl groups is 2. The molecule has 12 heteroatoms. The third kappa shape index (κ3) is 7.33. The van der Waals surface area contributed by atoms with E-state index in [0.29, 0.717) is 22.3 Å². The third-order valence-corrected chi connectivity index (χ3v) is 7.88. The van der Waals surface area contributed by atoms with E-state index in [2.05, 4.69) is 16.0 Å². The highest BCUT2D eigenvalue weighted by molar-refractivity contribution is 5.93. The number of carbonyl (C=O) groups is 3. The first-order valence-electron chi connectivity index (χ1n) is 13.9. The van der Waals surface area contributed by atoms with Gasteiger partial charge in [-0.2, -0.15) is 0 Å². The highest BCUT2D eigenvalue weighted by atomic mass is 16.3. The van der Waals surface area contributed by atoms with Crippen LogP contribution in [-0.4, -0.2) is 94.9 Å². The van der Waals surface area contributed by atoms with Gasteiger partial charge in [0.15, 0.2) is 0 Å². The van der Waals surface area contributed by atoms with Crippen LogP contribution in [0.3, 0.4) is 0 Å². The van der Waals surface area contributed by atoms with Crippen molar-refractivity contribution >= 4 is 17.7 Å². The van der Waals surface area contributed by atoms with Gasteiger partial charge in [0, 0.05) is 38.9 Å². The number of aliphatic hydroxyl groups is 1. The predicted octanol–water partition coefficient (Wildman–Crippen LogP) is -0.920. The molecule has 3 amide bonds. The Morgan fingerprint density at radius 1 is 1.05 bits per heavy atom. The van der Waals surface area contributed by atoms with Crippen molar-refractivity contribution in [3.05, 3.63) is 47.5 Å². The second-order valence-corrected chi connectivity index (χ2v) is 10.9. The molecule has 0 radical (unpaired) electrons. The van der Waals surface area contributed by atoms with Crippen LogP contribution in [0.25, 0.3) is 11.1 Å². The topological polar surface area (TPSA) is 203 Å². The quantitative estimate of drug-likeness (QED) is 0.224. The number of phenolic OH excluding ortho intramolecular Hbond substituents is 2. The number of benzene rings is 2. The van der Waals surface area contributed by atoms with E-state index in [0.717, 1.165) is 25.9 Å². The first-order valence-corrected chi connectivity index (χ1v) is 13.9. The Bertz CT molecular complexity index is 1270. The molecule has 0 unspecified atom stereocenters. The van der Waals surface area contributed by atoms with E-state index in [1.807, 2.05) is 0 Å². The zero-order chi connectivity index (χ0) is 29.7. The summed E-state index contributed by atoms with van der Waals surface area (Å²) in [4.78, 5) is 41.9. The van der Waals surface area contributed by atoms with Gasteiger partial charge in [-0.25, -0.2) is 0 Å². The number of nitrogens with zero attached hydrogens (tertiary/aromatic N) is 1. The van der Waals surface area contributed by atoms with Gasteiger partial charge in [-0.3, -0.25) is 14.4 Å². The molecule has 222 valence electrons. The molecule has 0 spiro atoms. The van der Waals surface area contributed by atoms with Crippen molar-refractivity contribution in [2.75, 3.05) is 26.7 Å². The van der Waals surface area contributed by atoms with E-state index in [1.54, 1.807) is 24.3 Å². The number of aliphatic hydroxyl groups excluding tert-OH is 1. The van der Waals surface area contributed by atoms with Gasteiger partial charge in [0.25, 0.3) is 0 Å². The molecule has 1 fully saturated rings. The third-order valence-electron chi connectivity index (χ3n) is 7.88. The Balaban J connectivity index is 1.78. The van der Waals surface area contributed by atoms with E-state index in [-0.39, 0.29) is 43.3 Å². The summed E-state index contributed by atoms with van der Waals surface area (Å²) in [6, 6.07) is 6.45. The first-order chi connectivity index (χ1) is 19.6. The number of fused-ring (bicyclic) bond motifs is 5. The minimum atomic E-state index is -1.23. The van der Waals surface area contributed by atoms with Gasteiger partial charge in [-0.15, -0.1) is 0 Å². The zero-order valence-corrected chi connectivity index (χ0v) is 23.2. The molecule has 2 aromatic rings. The van der Waals surface area contributed by atoms with Crippen molar-refractivity contribution in [2.45, 2.75) is 62.4 Å². The maximum absolute atomic E-state index is 13.8. The van der Waals surface area contributed by atoms with Gasteiger partial charge >= 0.3 is 0 Å². The van der Waals surface area contributed by atoms with Crippen molar-refractivity contribution in [3.8, 4) is 22.6 Å². The Morgan fingerprint density at radius 2 is 1.63 bits per heavy atom. The van der Waals surface area contributed by atoms with E-state index in [9.17, 15) is 29.7 Å². The summed E-state index contributed by atoms with van der Waals surface area (Å²) in [5, 5.41) is 40.5. The SMILES string of the molecule is CN1C(=O)[C@H](C[C@@H](O)CN)NC(=O)[C@@H](N)Cc2cc(ccc2O)-c2ccc(O)c(c2)C[C@H]1C(=O)NC1CCNCC1. The average Bonchev–Trinajstić information content (AvgIpc) is 2.96. The predicted molar refractivity (Wildman–Crippen MR) is 153 cm³/mol. The summed E-state index contributed by atoms with van der Waals surface area (Å²) < 4.78 is 0. The molecule has 10 N–H and O–H groups in total. The Hall–Kier alpha value is -3.71. The molecule has 41 heavy (non-hydrogen) atoms. The Labute approximate surface area is 239 Å². The molecular formula is C29H40N6O6. The summed E-state index contributed by atoms with van der Waals surface area (Å²) in [6.07, 6.45) is 0.150. The number of hydrogen-bond acceptors (Lipinski definition) is 9. The molecule has 2 heterocycles. The summed E-state index contributed by atoms with van der Waals surface area (Å²) in [6.45, 7) is 1.37. The largest absolute Gasteiger partial charge is 0.508 e. The maximum atomic E-state index is 13.8. The lowest BCUT2D eigenvalue weighted by Crippen LogP contribution is -2.58. The van der Waals surface area contributed by atoms with Crippen molar-refractivity contribution in [1.82, 2.24) is 20.9 Å². The molecule has 4 atom stereocenters. The van der Waals surface area contributed by atoms with Gasteiger partial charge < -0.3 is 47.6 Å². The van der Waals surface area contributed by atoms with E-state index in [4.69, 9.17) is 11.5 Å². The average molecular weight is 569 g/mol. The van der Waals surface area contributed by atoms with Crippen LogP contribution in [-0.2, 0) is 27.2 Å². The number of likely N-dealkylation sites (N-methyl/N-ethyl adjacent to an activating group) is 1. The normalized spacial score (nSPS) is 23.2. The minimum Gasteiger partial charge on any atom is -0.508 e. The summed E-state index contributed by atoms with van der Waals surface area (Å²) >= 11 is 0. The molecule has 0 aromatic heterocycles. The highest BCUT2D eigenvalue weighted by Crippen LogP contribution is 2.31. The van der Waals surface area contributed by atoms with E-state index >= 15 is 0 Å². The fourth-order valence-corrected chi connectivity index (χ4v) is 5.33. The van der Waals surface area contributed by atoms with E-state index in [1.165, 1.54) is 24.1 Å². The van der Waals surface area contributed by atoms with Crippen LogP contribution in [0.1, 0.15) is 30.4 Å². The number of nitrogens with two attached hydrogens (primary N) is 2. The first kappa shape index (κ1) is 30.3. The van der Waals surface area contributed by atoms with Crippen molar-refractivity contribution < 1.29 is 29.7 Å². The van der Waals surface area contributed by atoms with Gasteiger partial charge in [0.1, 0.15) is 23.6 Å². The molecule has 4 rings (SSSR count). The lowest BCUT2D eigenvalue weighted by Gasteiger charge is -2.33. The number of nitrogens with one attached hydrogen (secondary N) is 3. The number of rotatable bonds is 5. The monoisotopic (exact) mass is 568 g/mol. The highest BCUT2D eigenvalue weighted by Gasteiger charge is 2.35. The van der Waals surface area contributed by atoms with Crippen molar-refractivity contribution in [2.24, 2.45) is 11.5 Å². The molecule has 2 aromatic carbocycles. The molecule has 4 bridgehead atoms. The smallest absolute Gasteiger partial charge is 0.245 e. The fourth-order valence-electron chi connectivity index (χ4n) is 5.33. The molecular weight excluding hydrogens is 528 g/mol. The van der Waals surface area contributed by atoms with Gasteiger partial charge in [0.05, 0.1) is 12.1 Å². The summed E-state index contributed by atoms with van der Waals surface area (Å²) in [5.41, 5.74) is 14.1. The maximum Gasteiger partial charge on any atom is 0.245 e. The number of phenols is 2. The van der Waals surface area contributed by atoms with Crippen LogP contribution >= 0.6 is 0 Å². The number of carbonyl (C=O) groups excluding carboxylic acids is 3. The van der Waals surface area contributed by atoms with Crippen LogP contribution in [0, 0.1) is 0 Å². The lowest BCUT2D eigenvalue weighted by atomic mass is 9.95. The molecule has 0 aliphatic carbocycles. The summed E-state index contributed by atoms with van der Waals surface area (Å²) in [5.74, 6) is -1.74. The minimum absolute atomic E-state index is 0.0106. The molecule has 12 nitrogen and oxygen atoms in total. The van der Waals surface area contributed by atoms with Crippen molar-refractivity contribution in [1.29, 1.82) is 0 Å². The van der Waals surface area contributed by atoms with Crippen LogP contribution in [0.5, 0.6) is 11.5 Å². The second kappa shape index (κ2) is 13.3. The lowest BCUT2D eigenvalue weighted by molar-refractivity contribution is -0.142. The number of amides is 3. The van der Waals surface area contributed by atoms with Gasteiger partial charge in [-0.05, 0) is 72.5 Å². The molecule has 1 saturated heterocycles. The summed E-state index contributed by atoms with van der Waals surface area (Å²) in [7, 11) is 1.46. The fraction of sp³-hybridized carbons (Fsp3) is 0.483. The van der Waals surface area contributed by atoms with Crippen molar-refractivity contribution in [3.63, 3.8) is 0 Å². The number of hydrogen-bond donors (Lipinski definition) is 8. The molecule has 2 aliphatic heterocycles. The molecule has 2 aliphatic rings. The number of piperidine rings is 1. The van der Waals surface area contributed by atoms with E-state index < -0.39 is 42.0 Å². The standard InChI is InChI=1S/C29H40N6O6/c1-35-24(28(40)33-20-6-8-32-9-7-20)13-19-11-17(3-5-26(19)38)16-2-4-25(37)18(10-16)12-22(31)27(39)34-23(29(35)41)14-21(36)15-30/h2-5,10-11,20-24,32,36-38H,6-9,12-15,30-31H2,1H3,(H,33,40)(H,34,39)/t21-,22+,23+,24+/m1/s1. The van der Waals surface area contributed by atoms with Gasteiger partial charge in [0.2, 0.25) is 17.7 Å². The van der Waals surface area contributed by atoms with Crippen LogP contribution in [0.2, 0.25) is 0 Å².